The lowest BCUT2D eigenvalue weighted by atomic mass is 9.80. The molecule has 2 N–H and O–H groups in total. The predicted octanol–water partition coefficient (Wildman–Crippen LogP) is 1.68. The van der Waals surface area contributed by atoms with Crippen molar-refractivity contribution in [3.63, 3.8) is 0 Å². The molecule has 0 radical (unpaired) electrons. The minimum atomic E-state index is -0.201. The van der Waals surface area contributed by atoms with Crippen LogP contribution in [-0.2, 0) is 4.74 Å². The molecule has 0 aliphatic carbocycles. The van der Waals surface area contributed by atoms with Gasteiger partial charge in [-0.15, -0.1) is 0 Å². The summed E-state index contributed by atoms with van der Waals surface area (Å²) in [7, 11) is 2.02. The lowest BCUT2D eigenvalue weighted by molar-refractivity contribution is 0.0272. The summed E-state index contributed by atoms with van der Waals surface area (Å²) in [6, 6.07) is 5.19. The fourth-order valence-electron chi connectivity index (χ4n) is 3.09. The van der Waals surface area contributed by atoms with Gasteiger partial charge in [-0.1, -0.05) is 6.07 Å². The Bertz CT molecular complexity index is 437. The van der Waals surface area contributed by atoms with Gasteiger partial charge in [-0.25, -0.2) is 4.39 Å². The van der Waals surface area contributed by atoms with Crippen molar-refractivity contribution in [3.8, 4) is 0 Å². The smallest absolute Gasteiger partial charge is 0.125 e. The van der Waals surface area contributed by atoms with Crippen LogP contribution in [0.25, 0.3) is 0 Å². The van der Waals surface area contributed by atoms with Crippen molar-refractivity contribution in [3.05, 3.63) is 29.6 Å². The third-order valence-corrected chi connectivity index (χ3v) is 4.05. The van der Waals surface area contributed by atoms with E-state index in [4.69, 9.17) is 10.5 Å². The van der Waals surface area contributed by atoms with Gasteiger partial charge in [0, 0.05) is 37.3 Å². The highest BCUT2D eigenvalue weighted by molar-refractivity contribution is 5.58. The highest BCUT2D eigenvalue weighted by atomic mass is 19.1. The fraction of sp³-hybridized carbons (Fsp3) is 0.538. The van der Waals surface area contributed by atoms with Gasteiger partial charge in [-0.2, -0.15) is 0 Å². The Morgan fingerprint density at radius 1 is 1.47 bits per heavy atom. The zero-order valence-electron chi connectivity index (χ0n) is 9.90. The number of anilines is 1. The van der Waals surface area contributed by atoms with Crippen molar-refractivity contribution in [1.82, 2.24) is 0 Å². The quantitative estimate of drug-likeness (QED) is 0.745. The van der Waals surface area contributed by atoms with Gasteiger partial charge in [-0.05, 0) is 24.1 Å². The van der Waals surface area contributed by atoms with E-state index in [1.54, 1.807) is 12.1 Å². The molecule has 1 fully saturated rings. The second kappa shape index (κ2) is 3.96. The molecule has 0 spiro atoms. The summed E-state index contributed by atoms with van der Waals surface area (Å²) < 4.78 is 18.8. The van der Waals surface area contributed by atoms with Crippen LogP contribution in [0.3, 0.4) is 0 Å². The summed E-state index contributed by atoms with van der Waals surface area (Å²) in [5, 5.41) is 0. The van der Waals surface area contributed by atoms with Gasteiger partial charge in [-0.3, -0.25) is 0 Å². The monoisotopic (exact) mass is 236 g/mol. The third kappa shape index (κ3) is 1.63. The maximum atomic E-state index is 13.3. The van der Waals surface area contributed by atoms with Gasteiger partial charge >= 0.3 is 0 Å². The van der Waals surface area contributed by atoms with Crippen molar-refractivity contribution < 1.29 is 9.13 Å². The van der Waals surface area contributed by atoms with E-state index in [2.05, 4.69) is 4.90 Å². The number of ether oxygens (including phenoxy) is 1. The maximum Gasteiger partial charge on any atom is 0.125 e. The number of fused-ring (bicyclic) bond motifs is 2. The van der Waals surface area contributed by atoms with Crippen LogP contribution in [0, 0.1) is 11.7 Å². The van der Waals surface area contributed by atoms with E-state index in [0.29, 0.717) is 18.6 Å². The molecule has 3 atom stereocenters. The maximum absolute atomic E-state index is 13.3. The molecular formula is C13H17FN2O. The number of halogens is 1. The highest BCUT2D eigenvalue weighted by Crippen LogP contribution is 2.41. The Labute approximate surface area is 100 Å². The molecule has 2 heterocycles. The first-order valence-electron chi connectivity index (χ1n) is 6.04. The Balaban J connectivity index is 2.07. The molecule has 3 rings (SSSR count). The van der Waals surface area contributed by atoms with Crippen LogP contribution in [0.2, 0.25) is 0 Å². The first-order valence-corrected chi connectivity index (χ1v) is 6.04. The summed E-state index contributed by atoms with van der Waals surface area (Å²) in [5.41, 5.74) is 8.24. The molecule has 3 nitrogen and oxygen atoms in total. The molecule has 1 aromatic carbocycles. The fourth-order valence-corrected chi connectivity index (χ4v) is 3.09. The highest BCUT2D eigenvalue weighted by Gasteiger charge is 2.39. The molecule has 4 heteroatoms. The third-order valence-electron chi connectivity index (χ3n) is 4.05. The second-order valence-electron chi connectivity index (χ2n) is 4.93. The normalized spacial score (nSPS) is 31.9. The lowest BCUT2D eigenvalue weighted by Gasteiger charge is -2.47. The Morgan fingerprint density at radius 3 is 3.12 bits per heavy atom. The zero-order chi connectivity index (χ0) is 12.0. The Hall–Kier alpha value is -1.13. The molecule has 1 saturated heterocycles. The van der Waals surface area contributed by atoms with Crippen LogP contribution in [0.1, 0.15) is 18.0 Å². The average Bonchev–Trinajstić information content (AvgIpc) is 2.36. The van der Waals surface area contributed by atoms with E-state index in [0.717, 1.165) is 24.3 Å². The van der Waals surface area contributed by atoms with Crippen molar-refractivity contribution in [2.24, 2.45) is 11.7 Å². The SMILES string of the molecule is CN1c2cc(F)ccc2C(N)C2COCCC21. The molecule has 17 heavy (non-hydrogen) atoms. The standard InChI is InChI=1S/C13H17FN2O/c1-16-11-4-5-17-7-10(11)13(15)9-3-2-8(14)6-12(9)16/h2-3,6,10-11,13H,4-5,7,15H2,1H3. The van der Waals surface area contributed by atoms with Crippen molar-refractivity contribution in [2.45, 2.75) is 18.5 Å². The van der Waals surface area contributed by atoms with Gasteiger partial charge in [0.05, 0.1) is 6.61 Å². The molecule has 3 unspecified atom stereocenters. The first-order chi connectivity index (χ1) is 8.18. The van der Waals surface area contributed by atoms with E-state index < -0.39 is 0 Å². The number of nitrogens with two attached hydrogens (primary N) is 1. The summed E-state index contributed by atoms with van der Waals surface area (Å²) in [6.07, 6.45) is 0.963. The van der Waals surface area contributed by atoms with E-state index in [1.807, 2.05) is 7.05 Å². The van der Waals surface area contributed by atoms with Gasteiger partial charge in [0.1, 0.15) is 5.82 Å². The molecule has 1 aromatic rings. The first kappa shape index (κ1) is 11.0. The number of rotatable bonds is 0. The second-order valence-corrected chi connectivity index (χ2v) is 4.93. The van der Waals surface area contributed by atoms with E-state index in [-0.39, 0.29) is 11.9 Å². The van der Waals surface area contributed by atoms with Crippen LogP contribution in [0.4, 0.5) is 10.1 Å². The lowest BCUT2D eigenvalue weighted by Crippen LogP contribution is -2.51. The summed E-state index contributed by atoms with van der Waals surface area (Å²) in [5.74, 6) is 0.111. The molecular weight excluding hydrogens is 219 g/mol. The van der Waals surface area contributed by atoms with Gasteiger partial charge < -0.3 is 15.4 Å². The van der Waals surface area contributed by atoms with Crippen LogP contribution < -0.4 is 10.6 Å². The predicted molar refractivity (Wildman–Crippen MR) is 64.4 cm³/mol. The topological polar surface area (TPSA) is 38.5 Å². The average molecular weight is 236 g/mol. The molecule has 2 aliphatic heterocycles. The van der Waals surface area contributed by atoms with E-state index >= 15 is 0 Å². The number of benzene rings is 1. The Kier molecular flexibility index (Phi) is 2.56. The van der Waals surface area contributed by atoms with Crippen LogP contribution in [-0.4, -0.2) is 26.3 Å². The molecule has 0 aromatic heterocycles. The molecule has 0 bridgehead atoms. The minimum absolute atomic E-state index is 0.0490. The van der Waals surface area contributed by atoms with Crippen molar-refractivity contribution in [1.29, 1.82) is 0 Å². The van der Waals surface area contributed by atoms with Crippen molar-refractivity contribution in [2.75, 3.05) is 25.2 Å². The van der Waals surface area contributed by atoms with E-state index in [9.17, 15) is 4.39 Å². The van der Waals surface area contributed by atoms with Gasteiger partial charge in [0.2, 0.25) is 0 Å². The Morgan fingerprint density at radius 2 is 2.29 bits per heavy atom. The number of nitrogens with zero attached hydrogens (tertiary/aromatic N) is 1. The van der Waals surface area contributed by atoms with E-state index in [1.165, 1.54) is 6.07 Å². The van der Waals surface area contributed by atoms with Crippen LogP contribution >= 0.6 is 0 Å². The zero-order valence-corrected chi connectivity index (χ0v) is 9.90. The van der Waals surface area contributed by atoms with Gasteiger partial charge in [0.25, 0.3) is 0 Å². The van der Waals surface area contributed by atoms with Crippen LogP contribution in [0.5, 0.6) is 0 Å². The molecule has 92 valence electrons. The van der Waals surface area contributed by atoms with Crippen LogP contribution in [0.15, 0.2) is 18.2 Å². The minimum Gasteiger partial charge on any atom is -0.381 e. The van der Waals surface area contributed by atoms with Crippen molar-refractivity contribution >= 4 is 5.69 Å². The summed E-state index contributed by atoms with van der Waals surface area (Å²) >= 11 is 0. The number of hydrogen-bond donors (Lipinski definition) is 1. The molecule has 0 amide bonds. The molecule has 0 saturated carbocycles. The van der Waals surface area contributed by atoms with Gasteiger partial charge in [0.15, 0.2) is 0 Å². The summed E-state index contributed by atoms with van der Waals surface area (Å²) in [6.45, 7) is 1.47. The molecule has 2 aliphatic rings. The number of hydrogen-bond acceptors (Lipinski definition) is 3. The largest absolute Gasteiger partial charge is 0.381 e. The summed E-state index contributed by atoms with van der Waals surface area (Å²) in [4.78, 5) is 2.16.